The van der Waals surface area contributed by atoms with Crippen molar-refractivity contribution < 1.29 is 9.53 Å². The number of thioether (sulfide) groups is 1. The van der Waals surface area contributed by atoms with E-state index in [0.29, 0.717) is 5.56 Å². The summed E-state index contributed by atoms with van der Waals surface area (Å²) in [5.74, 6) is 1.62. The van der Waals surface area contributed by atoms with E-state index >= 15 is 0 Å². The van der Waals surface area contributed by atoms with Gasteiger partial charge in [0.05, 0.1) is 7.11 Å². The van der Waals surface area contributed by atoms with Gasteiger partial charge in [-0.1, -0.05) is 30.3 Å². The van der Waals surface area contributed by atoms with E-state index in [4.69, 9.17) is 4.74 Å². The maximum atomic E-state index is 11.0. The number of methoxy groups -OCH3 is 1. The molecule has 0 saturated heterocycles. The predicted octanol–water partition coefficient (Wildman–Crippen LogP) is 3.80. The number of hydrogen-bond acceptors (Lipinski definition) is 3. The highest BCUT2D eigenvalue weighted by Crippen LogP contribution is 2.29. The van der Waals surface area contributed by atoms with Gasteiger partial charge < -0.3 is 4.74 Å². The van der Waals surface area contributed by atoms with Gasteiger partial charge in [0.1, 0.15) is 5.75 Å². The van der Waals surface area contributed by atoms with Crippen molar-refractivity contribution in [3.63, 3.8) is 0 Å². The highest BCUT2D eigenvalue weighted by atomic mass is 32.2. The van der Waals surface area contributed by atoms with Crippen molar-refractivity contribution in [3.8, 4) is 5.75 Å². The fourth-order valence-electron chi connectivity index (χ4n) is 1.60. The average molecular weight is 258 g/mol. The first-order valence-electron chi connectivity index (χ1n) is 5.63. The number of hydrogen-bond donors (Lipinski definition) is 0. The minimum absolute atomic E-state index is 0.705. The van der Waals surface area contributed by atoms with Crippen molar-refractivity contribution in [2.24, 2.45) is 0 Å². The fourth-order valence-corrected chi connectivity index (χ4v) is 2.60. The van der Waals surface area contributed by atoms with Gasteiger partial charge in [0, 0.05) is 16.2 Å². The lowest BCUT2D eigenvalue weighted by Crippen LogP contribution is -1.89. The zero-order valence-corrected chi connectivity index (χ0v) is 10.9. The Bertz CT molecular complexity index is 523. The van der Waals surface area contributed by atoms with Crippen LogP contribution in [0, 0.1) is 0 Å². The molecule has 0 N–H and O–H groups in total. The normalized spacial score (nSPS) is 10.1. The maximum absolute atomic E-state index is 11.0. The van der Waals surface area contributed by atoms with Crippen molar-refractivity contribution in [1.82, 2.24) is 0 Å². The minimum Gasteiger partial charge on any atom is -0.497 e. The molecule has 0 unspecified atom stereocenters. The van der Waals surface area contributed by atoms with Gasteiger partial charge >= 0.3 is 0 Å². The summed E-state index contributed by atoms with van der Waals surface area (Å²) in [6.45, 7) is 0. The molecule has 2 nitrogen and oxygen atoms in total. The molecule has 0 fully saturated rings. The monoisotopic (exact) mass is 258 g/mol. The van der Waals surface area contributed by atoms with E-state index < -0.39 is 0 Å². The van der Waals surface area contributed by atoms with Crippen molar-refractivity contribution in [2.45, 2.75) is 10.6 Å². The molecular formula is C15H14O2S. The third-order valence-corrected chi connectivity index (χ3v) is 3.73. The first-order chi connectivity index (χ1) is 8.83. The smallest absolute Gasteiger partial charge is 0.151 e. The number of benzene rings is 2. The van der Waals surface area contributed by atoms with Crippen LogP contribution in [0.1, 0.15) is 15.9 Å². The molecule has 0 aliphatic carbocycles. The van der Waals surface area contributed by atoms with Crippen LogP contribution in [-0.2, 0) is 5.75 Å². The van der Waals surface area contributed by atoms with Gasteiger partial charge in [0.25, 0.3) is 0 Å². The summed E-state index contributed by atoms with van der Waals surface area (Å²) in [6, 6.07) is 15.7. The van der Waals surface area contributed by atoms with Crippen LogP contribution in [0.2, 0.25) is 0 Å². The molecule has 0 radical (unpaired) electrons. The summed E-state index contributed by atoms with van der Waals surface area (Å²) in [4.78, 5) is 11.9. The number of carbonyl (C=O) groups is 1. The summed E-state index contributed by atoms with van der Waals surface area (Å²) in [7, 11) is 1.63. The fraction of sp³-hybridized carbons (Fsp3) is 0.133. The van der Waals surface area contributed by atoms with Gasteiger partial charge in [0.15, 0.2) is 6.29 Å². The molecule has 0 saturated carbocycles. The molecule has 18 heavy (non-hydrogen) atoms. The number of ether oxygens (including phenoxy) is 1. The molecule has 0 aromatic heterocycles. The van der Waals surface area contributed by atoms with Crippen LogP contribution in [0.25, 0.3) is 0 Å². The number of aldehydes is 1. The van der Waals surface area contributed by atoms with E-state index in [-0.39, 0.29) is 0 Å². The summed E-state index contributed by atoms with van der Waals surface area (Å²) < 4.78 is 5.18. The van der Waals surface area contributed by atoms with E-state index in [0.717, 1.165) is 22.7 Å². The third-order valence-electron chi connectivity index (χ3n) is 2.58. The second-order valence-corrected chi connectivity index (χ2v) is 4.81. The molecule has 2 aromatic rings. The van der Waals surface area contributed by atoms with Gasteiger partial charge in [-0.2, -0.15) is 0 Å². The van der Waals surface area contributed by atoms with Crippen molar-refractivity contribution in [1.29, 1.82) is 0 Å². The molecule has 0 atom stereocenters. The number of carbonyl (C=O) groups excluding carboxylic acids is 1. The minimum atomic E-state index is 0.705. The highest BCUT2D eigenvalue weighted by molar-refractivity contribution is 7.98. The number of rotatable bonds is 5. The molecule has 0 aliphatic rings. The van der Waals surface area contributed by atoms with Gasteiger partial charge in [-0.25, -0.2) is 0 Å². The standard InChI is InChI=1S/C15H14O2S/c1-17-14-8-7-13(10-16)15(9-14)18-11-12-5-3-2-4-6-12/h2-10H,11H2,1H3. The quantitative estimate of drug-likeness (QED) is 0.602. The van der Waals surface area contributed by atoms with Gasteiger partial charge in [-0.15, -0.1) is 11.8 Å². The topological polar surface area (TPSA) is 26.3 Å². The SMILES string of the molecule is COc1ccc(C=O)c(SCc2ccccc2)c1. The lowest BCUT2D eigenvalue weighted by atomic mass is 10.2. The van der Waals surface area contributed by atoms with Crippen LogP contribution in [-0.4, -0.2) is 13.4 Å². The second kappa shape index (κ2) is 6.26. The lowest BCUT2D eigenvalue weighted by Gasteiger charge is -2.07. The molecule has 0 heterocycles. The Morgan fingerprint density at radius 3 is 2.61 bits per heavy atom. The first kappa shape index (κ1) is 12.7. The molecule has 3 heteroatoms. The largest absolute Gasteiger partial charge is 0.497 e. The second-order valence-electron chi connectivity index (χ2n) is 3.80. The molecule has 2 rings (SSSR count). The lowest BCUT2D eigenvalue weighted by molar-refractivity contribution is 0.112. The van der Waals surface area contributed by atoms with Gasteiger partial charge in [-0.3, -0.25) is 4.79 Å². The van der Waals surface area contributed by atoms with E-state index in [1.807, 2.05) is 24.3 Å². The van der Waals surface area contributed by atoms with E-state index in [9.17, 15) is 4.79 Å². The Labute approximate surface area is 111 Å². The molecule has 92 valence electrons. The Morgan fingerprint density at radius 1 is 1.17 bits per heavy atom. The Hall–Kier alpha value is -1.74. The summed E-state index contributed by atoms with van der Waals surface area (Å²) in [5.41, 5.74) is 1.94. The molecule has 0 aliphatic heterocycles. The zero-order chi connectivity index (χ0) is 12.8. The molecule has 0 spiro atoms. The Morgan fingerprint density at radius 2 is 1.94 bits per heavy atom. The van der Waals surface area contributed by atoms with Crippen molar-refractivity contribution in [2.75, 3.05) is 7.11 Å². The van der Waals surface area contributed by atoms with Crippen LogP contribution in [0.5, 0.6) is 5.75 Å². The van der Waals surface area contributed by atoms with E-state index in [1.54, 1.807) is 31.0 Å². The molecule has 0 amide bonds. The van der Waals surface area contributed by atoms with Crippen LogP contribution >= 0.6 is 11.8 Å². The molecular weight excluding hydrogens is 244 g/mol. The summed E-state index contributed by atoms with van der Waals surface area (Å²) >= 11 is 1.64. The van der Waals surface area contributed by atoms with E-state index in [2.05, 4.69) is 12.1 Å². The van der Waals surface area contributed by atoms with Crippen LogP contribution in [0.4, 0.5) is 0 Å². The van der Waals surface area contributed by atoms with Crippen LogP contribution < -0.4 is 4.74 Å². The first-order valence-corrected chi connectivity index (χ1v) is 6.62. The van der Waals surface area contributed by atoms with Gasteiger partial charge in [0.2, 0.25) is 0 Å². The molecule has 2 aromatic carbocycles. The summed E-state index contributed by atoms with van der Waals surface area (Å²) in [6.07, 6.45) is 0.882. The van der Waals surface area contributed by atoms with Gasteiger partial charge in [-0.05, 0) is 23.8 Å². The van der Waals surface area contributed by atoms with E-state index in [1.165, 1.54) is 5.56 Å². The Kier molecular flexibility index (Phi) is 4.42. The third kappa shape index (κ3) is 3.14. The Balaban J connectivity index is 2.15. The molecule has 0 bridgehead atoms. The zero-order valence-electron chi connectivity index (χ0n) is 10.1. The predicted molar refractivity (Wildman–Crippen MR) is 74.4 cm³/mol. The van der Waals surface area contributed by atoms with Crippen LogP contribution in [0.3, 0.4) is 0 Å². The average Bonchev–Trinajstić information content (AvgIpc) is 2.45. The highest BCUT2D eigenvalue weighted by Gasteiger charge is 2.05. The van der Waals surface area contributed by atoms with Crippen LogP contribution in [0.15, 0.2) is 53.4 Å². The van der Waals surface area contributed by atoms with Crippen molar-refractivity contribution >= 4 is 18.0 Å². The van der Waals surface area contributed by atoms with Crippen molar-refractivity contribution in [3.05, 3.63) is 59.7 Å². The summed E-state index contributed by atoms with van der Waals surface area (Å²) in [5, 5.41) is 0. The maximum Gasteiger partial charge on any atom is 0.151 e.